The first-order chi connectivity index (χ1) is 14.1. The lowest BCUT2D eigenvalue weighted by atomic mass is 10.0. The van der Waals surface area contributed by atoms with Gasteiger partial charge in [0.25, 0.3) is 0 Å². The molecule has 0 aliphatic heterocycles. The van der Waals surface area contributed by atoms with E-state index >= 15 is 0 Å². The highest BCUT2D eigenvalue weighted by atomic mass is 16.5. The van der Waals surface area contributed by atoms with Gasteiger partial charge in [-0.2, -0.15) is 5.26 Å². The maximum Gasteiger partial charge on any atom is 0.335 e. The molecule has 1 aromatic heterocycles. The van der Waals surface area contributed by atoms with Crippen LogP contribution in [0.1, 0.15) is 37.3 Å². The SMILES string of the molecule is CC/C(NC(=O)C1CC1)=C(\Cc1ccc(-c2ccccc2C#N)nc1)C(=O)OC. The molecule has 1 aliphatic rings. The van der Waals surface area contributed by atoms with Gasteiger partial charge in [-0.3, -0.25) is 9.78 Å². The Morgan fingerprint density at radius 1 is 1.24 bits per heavy atom. The number of benzene rings is 1. The van der Waals surface area contributed by atoms with Crippen molar-refractivity contribution in [1.82, 2.24) is 10.3 Å². The summed E-state index contributed by atoms with van der Waals surface area (Å²) in [5.74, 6) is -0.446. The number of hydrogen-bond donors (Lipinski definition) is 1. The fourth-order valence-corrected chi connectivity index (χ4v) is 3.10. The van der Waals surface area contributed by atoms with Crippen molar-refractivity contribution in [3.05, 3.63) is 65.0 Å². The van der Waals surface area contributed by atoms with Crippen LogP contribution in [0.2, 0.25) is 0 Å². The molecule has 0 saturated heterocycles. The van der Waals surface area contributed by atoms with Gasteiger partial charge in [-0.05, 0) is 37.0 Å². The van der Waals surface area contributed by atoms with Gasteiger partial charge >= 0.3 is 5.97 Å². The van der Waals surface area contributed by atoms with Gasteiger partial charge in [0.15, 0.2) is 0 Å². The summed E-state index contributed by atoms with van der Waals surface area (Å²) in [5.41, 5.74) is 3.83. The maximum atomic E-state index is 12.4. The summed E-state index contributed by atoms with van der Waals surface area (Å²) in [6.45, 7) is 1.89. The highest BCUT2D eigenvalue weighted by molar-refractivity contribution is 5.91. The van der Waals surface area contributed by atoms with E-state index in [0.717, 1.165) is 24.0 Å². The molecule has 2 aromatic rings. The molecule has 1 heterocycles. The van der Waals surface area contributed by atoms with Crippen LogP contribution in [0.25, 0.3) is 11.3 Å². The Hall–Kier alpha value is -3.46. The number of nitriles is 1. The van der Waals surface area contributed by atoms with Gasteiger partial charge < -0.3 is 10.1 Å². The van der Waals surface area contributed by atoms with E-state index in [2.05, 4.69) is 16.4 Å². The second kappa shape index (κ2) is 9.16. The zero-order valence-electron chi connectivity index (χ0n) is 16.6. The Bertz CT molecular complexity index is 983. The molecule has 1 fully saturated rings. The number of esters is 1. The largest absolute Gasteiger partial charge is 0.466 e. The average Bonchev–Trinajstić information content (AvgIpc) is 3.61. The van der Waals surface area contributed by atoms with Crippen molar-refractivity contribution in [1.29, 1.82) is 5.26 Å². The van der Waals surface area contributed by atoms with Crippen LogP contribution < -0.4 is 5.32 Å². The summed E-state index contributed by atoms with van der Waals surface area (Å²) in [6, 6.07) is 13.1. The number of aromatic nitrogens is 1. The van der Waals surface area contributed by atoms with E-state index < -0.39 is 5.97 Å². The molecule has 6 heteroatoms. The Morgan fingerprint density at radius 2 is 2.00 bits per heavy atom. The molecule has 1 N–H and O–H groups in total. The minimum atomic E-state index is -0.461. The van der Waals surface area contributed by atoms with E-state index in [1.54, 1.807) is 12.3 Å². The van der Waals surface area contributed by atoms with Crippen molar-refractivity contribution in [2.75, 3.05) is 7.11 Å². The molecule has 1 aromatic carbocycles. The average molecular weight is 389 g/mol. The lowest BCUT2D eigenvalue weighted by Gasteiger charge is -2.14. The van der Waals surface area contributed by atoms with Crippen LogP contribution in [0.5, 0.6) is 0 Å². The summed E-state index contributed by atoms with van der Waals surface area (Å²) in [7, 11) is 1.33. The Kier molecular flexibility index (Phi) is 6.40. The lowest BCUT2D eigenvalue weighted by molar-refractivity contribution is -0.136. The second-order valence-corrected chi connectivity index (χ2v) is 6.95. The quantitative estimate of drug-likeness (QED) is 0.578. The predicted octanol–water partition coefficient (Wildman–Crippen LogP) is 3.53. The van der Waals surface area contributed by atoms with E-state index in [4.69, 9.17) is 4.74 Å². The number of nitrogens with zero attached hydrogens (tertiary/aromatic N) is 2. The lowest BCUT2D eigenvalue weighted by Crippen LogP contribution is -2.27. The molecule has 1 aliphatic carbocycles. The number of allylic oxidation sites excluding steroid dienone is 1. The molecule has 148 valence electrons. The number of methoxy groups -OCH3 is 1. The minimum absolute atomic E-state index is 0.0372. The van der Waals surface area contributed by atoms with Crippen molar-refractivity contribution < 1.29 is 14.3 Å². The number of rotatable bonds is 7. The number of ether oxygens (including phenoxy) is 1. The first kappa shape index (κ1) is 20.3. The summed E-state index contributed by atoms with van der Waals surface area (Å²) in [4.78, 5) is 29.0. The first-order valence-corrected chi connectivity index (χ1v) is 9.63. The van der Waals surface area contributed by atoms with Gasteiger partial charge in [-0.1, -0.05) is 31.2 Å². The molecule has 3 rings (SSSR count). The number of hydrogen-bond acceptors (Lipinski definition) is 5. The molecule has 0 unspecified atom stereocenters. The van der Waals surface area contributed by atoms with E-state index in [1.165, 1.54) is 7.11 Å². The number of nitrogens with one attached hydrogen (secondary N) is 1. The molecule has 1 saturated carbocycles. The molecule has 29 heavy (non-hydrogen) atoms. The van der Waals surface area contributed by atoms with E-state index in [9.17, 15) is 14.9 Å². The third-order valence-corrected chi connectivity index (χ3v) is 4.90. The zero-order valence-corrected chi connectivity index (χ0v) is 16.6. The summed E-state index contributed by atoms with van der Waals surface area (Å²) in [6.07, 6.45) is 4.29. The van der Waals surface area contributed by atoms with Gasteiger partial charge in [0.1, 0.15) is 0 Å². The topological polar surface area (TPSA) is 92.1 Å². The van der Waals surface area contributed by atoms with Gasteiger partial charge in [0.05, 0.1) is 30.0 Å². The normalized spacial score (nSPS) is 13.8. The Morgan fingerprint density at radius 3 is 2.59 bits per heavy atom. The third-order valence-electron chi connectivity index (χ3n) is 4.90. The first-order valence-electron chi connectivity index (χ1n) is 9.63. The third kappa shape index (κ3) is 4.88. The van der Waals surface area contributed by atoms with Crippen LogP contribution in [-0.4, -0.2) is 24.0 Å². The summed E-state index contributed by atoms with van der Waals surface area (Å²) in [5, 5.41) is 12.2. The molecule has 0 spiro atoms. The Labute approximate surface area is 170 Å². The molecule has 1 amide bonds. The highest BCUT2D eigenvalue weighted by Gasteiger charge is 2.30. The second-order valence-electron chi connectivity index (χ2n) is 6.95. The van der Waals surface area contributed by atoms with Crippen molar-refractivity contribution in [3.8, 4) is 17.3 Å². The highest BCUT2D eigenvalue weighted by Crippen LogP contribution is 2.29. The summed E-state index contributed by atoms with van der Waals surface area (Å²) < 4.78 is 4.94. The molecule has 0 radical (unpaired) electrons. The van der Waals surface area contributed by atoms with Crippen LogP contribution in [0.4, 0.5) is 0 Å². The Balaban J connectivity index is 1.86. The van der Waals surface area contributed by atoms with E-state index in [1.807, 2.05) is 37.3 Å². The maximum absolute atomic E-state index is 12.4. The number of amides is 1. The smallest absolute Gasteiger partial charge is 0.335 e. The fourth-order valence-electron chi connectivity index (χ4n) is 3.10. The van der Waals surface area contributed by atoms with E-state index in [-0.39, 0.29) is 11.8 Å². The molecule has 6 nitrogen and oxygen atoms in total. The van der Waals surface area contributed by atoms with Gasteiger partial charge in [0.2, 0.25) is 5.91 Å². The number of pyridine rings is 1. The van der Waals surface area contributed by atoms with Gasteiger partial charge in [0, 0.05) is 29.8 Å². The molecular formula is C23H23N3O3. The van der Waals surface area contributed by atoms with Crippen LogP contribution in [0.15, 0.2) is 53.9 Å². The van der Waals surface area contributed by atoms with Crippen LogP contribution in [0, 0.1) is 17.2 Å². The predicted molar refractivity (Wildman–Crippen MR) is 108 cm³/mol. The van der Waals surface area contributed by atoms with Crippen LogP contribution in [-0.2, 0) is 20.7 Å². The minimum Gasteiger partial charge on any atom is -0.466 e. The zero-order chi connectivity index (χ0) is 20.8. The van der Waals surface area contributed by atoms with Crippen molar-refractivity contribution in [3.63, 3.8) is 0 Å². The fraction of sp³-hybridized carbons (Fsp3) is 0.304. The van der Waals surface area contributed by atoms with Crippen LogP contribution >= 0.6 is 0 Å². The summed E-state index contributed by atoms with van der Waals surface area (Å²) >= 11 is 0. The van der Waals surface area contributed by atoms with Gasteiger partial charge in [-0.25, -0.2) is 4.79 Å². The molecular weight excluding hydrogens is 366 g/mol. The monoisotopic (exact) mass is 389 g/mol. The number of carbonyl (C=O) groups excluding carboxylic acids is 2. The van der Waals surface area contributed by atoms with Crippen molar-refractivity contribution >= 4 is 11.9 Å². The van der Waals surface area contributed by atoms with Crippen molar-refractivity contribution in [2.24, 2.45) is 5.92 Å². The number of carbonyl (C=O) groups is 2. The van der Waals surface area contributed by atoms with E-state index in [0.29, 0.717) is 35.4 Å². The van der Waals surface area contributed by atoms with Crippen molar-refractivity contribution in [2.45, 2.75) is 32.6 Å². The van der Waals surface area contributed by atoms with Gasteiger partial charge in [-0.15, -0.1) is 0 Å². The molecule has 0 atom stereocenters. The van der Waals surface area contributed by atoms with Crippen LogP contribution in [0.3, 0.4) is 0 Å². The standard InChI is InChI=1S/C23H23N3O3/c1-3-20(26-22(27)16-9-10-16)19(23(28)29-2)12-15-8-11-21(25-14-15)18-7-5-4-6-17(18)13-24/h4-8,11,14,16H,3,9-10,12H2,1-2H3,(H,26,27)/b20-19-. The molecule has 0 bridgehead atoms.